The smallest absolute Gasteiger partial charge is 0.0234 e. The van der Waals surface area contributed by atoms with E-state index in [1.54, 1.807) is 0 Å². The maximum atomic E-state index is 3.57. The van der Waals surface area contributed by atoms with Crippen molar-refractivity contribution in [3.8, 4) is 0 Å². The number of nitrogens with zero attached hydrogens (tertiary/aromatic N) is 2. The molecule has 3 rings (SSSR count). The number of benzene rings is 1. The molecule has 3 nitrogen and oxygen atoms in total. The third-order valence-electron chi connectivity index (χ3n) is 4.44. The molecule has 1 aromatic rings. The summed E-state index contributed by atoms with van der Waals surface area (Å²) in [6, 6.07) is 9.48. The number of piperazine rings is 1. The van der Waals surface area contributed by atoms with Crippen LogP contribution in [0, 0.1) is 0 Å². The van der Waals surface area contributed by atoms with Crippen LogP contribution in [0.2, 0.25) is 0 Å². The molecule has 2 aliphatic rings. The highest BCUT2D eigenvalue weighted by Gasteiger charge is 2.26. The van der Waals surface area contributed by atoms with Crippen molar-refractivity contribution in [1.29, 1.82) is 0 Å². The second-order valence-corrected chi connectivity index (χ2v) is 6.86. The minimum atomic E-state index is 0.762. The maximum absolute atomic E-state index is 3.57. The largest absolute Gasteiger partial charge is 0.314 e. The number of likely N-dealkylation sites (tertiary alicyclic amines) is 1. The lowest BCUT2D eigenvalue weighted by Gasteiger charge is -2.41. The molecule has 1 atom stereocenters. The van der Waals surface area contributed by atoms with E-state index in [-0.39, 0.29) is 0 Å². The predicted octanol–water partition coefficient (Wildman–Crippen LogP) is 2.32. The van der Waals surface area contributed by atoms with Gasteiger partial charge in [0.25, 0.3) is 0 Å². The summed E-state index contributed by atoms with van der Waals surface area (Å²) in [6.07, 6.45) is 2.71. The molecular formula is C16H24BrN3. The molecule has 4 heteroatoms. The number of piperidine rings is 1. The van der Waals surface area contributed by atoms with E-state index >= 15 is 0 Å². The first-order valence-corrected chi connectivity index (χ1v) is 8.52. The third kappa shape index (κ3) is 3.82. The fraction of sp³-hybridized carbons (Fsp3) is 0.625. The number of halogens is 1. The lowest BCUT2D eigenvalue weighted by Crippen LogP contribution is -2.53. The summed E-state index contributed by atoms with van der Waals surface area (Å²) < 4.78 is 1.19. The average molecular weight is 338 g/mol. The van der Waals surface area contributed by atoms with Crippen molar-refractivity contribution < 1.29 is 0 Å². The van der Waals surface area contributed by atoms with Crippen LogP contribution in [0.15, 0.2) is 28.7 Å². The minimum absolute atomic E-state index is 0.762. The SMILES string of the molecule is Brc1cccc(CN2CCCC(N3CCNCC3)C2)c1. The summed E-state index contributed by atoms with van der Waals surface area (Å²) in [5, 5.41) is 3.45. The van der Waals surface area contributed by atoms with Crippen molar-refractivity contribution >= 4 is 15.9 Å². The van der Waals surface area contributed by atoms with E-state index in [0.717, 1.165) is 25.7 Å². The molecular weight excluding hydrogens is 314 g/mol. The fourth-order valence-electron chi connectivity index (χ4n) is 3.41. The van der Waals surface area contributed by atoms with E-state index in [9.17, 15) is 0 Å². The van der Waals surface area contributed by atoms with Gasteiger partial charge in [-0.25, -0.2) is 0 Å². The Hall–Kier alpha value is -0.420. The van der Waals surface area contributed by atoms with Crippen molar-refractivity contribution in [3.05, 3.63) is 34.3 Å². The van der Waals surface area contributed by atoms with E-state index in [1.165, 1.54) is 49.1 Å². The molecule has 2 saturated heterocycles. The van der Waals surface area contributed by atoms with Gasteiger partial charge in [0.2, 0.25) is 0 Å². The third-order valence-corrected chi connectivity index (χ3v) is 4.94. The molecule has 0 aromatic heterocycles. The molecule has 2 aliphatic heterocycles. The van der Waals surface area contributed by atoms with Crippen LogP contribution in [-0.2, 0) is 6.54 Å². The van der Waals surface area contributed by atoms with E-state index in [1.807, 2.05) is 0 Å². The van der Waals surface area contributed by atoms with Gasteiger partial charge in [-0.1, -0.05) is 28.1 Å². The van der Waals surface area contributed by atoms with Crippen LogP contribution in [0.25, 0.3) is 0 Å². The summed E-state index contributed by atoms with van der Waals surface area (Å²) in [5.41, 5.74) is 1.42. The second-order valence-electron chi connectivity index (χ2n) is 5.95. The summed E-state index contributed by atoms with van der Waals surface area (Å²) in [6.45, 7) is 8.30. The standard InChI is InChI=1S/C16H24BrN3/c17-15-4-1-3-14(11-15)12-19-8-2-5-16(13-19)20-9-6-18-7-10-20/h1,3-4,11,16,18H,2,5-10,12-13H2. The number of hydrogen-bond donors (Lipinski definition) is 1. The van der Waals surface area contributed by atoms with Gasteiger partial charge < -0.3 is 5.32 Å². The molecule has 2 heterocycles. The van der Waals surface area contributed by atoms with Gasteiger partial charge in [-0.05, 0) is 37.1 Å². The summed E-state index contributed by atoms with van der Waals surface area (Å²) in [5.74, 6) is 0. The first-order valence-electron chi connectivity index (χ1n) is 7.73. The molecule has 1 unspecified atom stereocenters. The van der Waals surface area contributed by atoms with E-state index in [0.29, 0.717) is 0 Å². The zero-order valence-corrected chi connectivity index (χ0v) is 13.6. The lowest BCUT2D eigenvalue weighted by molar-refractivity contribution is 0.0840. The van der Waals surface area contributed by atoms with Crippen LogP contribution in [0.1, 0.15) is 18.4 Å². The van der Waals surface area contributed by atoms with Crippen LogP contribution < -0.4 is 5.32 Å². The van der Waals surface area contributed by atoms with Gasteiger partial charge >= 0.3 is 0 Å². The van der Waals surface area contributed by atoms with E-state index < -0.39 is 0 Å². The summed E-state index contributed by atoms with van der Waals surface area (Å²) in [4.78, 5) is 5.31. The maximum Gasteiger partial charge on any atom is 0.0234 e. The Balaban J connectivity index is 1.57. The van der Waals surface area contributed by atoms with E-state index in [2.05, 4.69) is 55.3 Å². The molecule has 1 N–H and O–H groups in total. The van der Waals surface area contributed by atoms with Gasteiger partial charge in [0, 0.05) is 49.8 Å². The number of nitrogens with one attached hydrogen (secondary N) is 1. The van der Waals surface area contributed by atoms with Crippen molar-refractivity contribution in [2.75, 3.05) is 39.3 Å². The summed E-state index contributed by atoms with van der Waals surface area (Å²) in [7, 11) is 0. The Morgan fingerprint density at radius 2 is 2.05 bits per heavy atom. The Bertz CT molecular complexity index is 431. The van der Waals surface area contributed by atoms with Crippen LogP contribution >= 0.6 is 15.9 Å². The van der Waals surface area contributed by atoms with Gasteiger partial charge in [-0.3, -0.25) is 9.80 Å². The van der Waals surface area contributed by atoms with Crippen molar-refractivity contribution in [2.24, 2.45) is 0 Å². The molecule has 110 valence electrons. The molecule has 0 radical (unpaired) electrons. The first kappa shape index (κ1) is 14.5. The van der Waals surface area contributed by atoms with Gasteiger partial charge in [0.1, 0.15) is 0 Å². The fourth-order valence-corrected chi connectivity index (χ4v) is 3.86. The van der Waals surface area contributed by atoms with Crippen LogP contribution in [0.4, 0.5) is 0 Å². The number of hydrogen-bond acceptors (Lipinski definition) is 3. The second kappa shape index (κ2) is 7.03. The molecule has 20 heavy (non-hydrogen) atoms. The van der Waals surface area contributed by atoms with Crippen molar-refractivity contribution in [1.82, 2.24) is 15.1 Å². The van der Waals surface area contributed by atoms with Gasteiger partial charge in [0.15, 0.2) is 0 Å². The Morgan fingerprint density at radius 3 is 2.85 bits per heavy atom. The van der Waals surface area contributed by atoms with Crippen molar-refractivity contribution in [3.63, 3.8) is 0 Å². The highest BCUT2D eigenvalue weighted by atomic mass is 79.9. The van der Waals surface area contributed by atoms with Crippen LogP contribution in [0.5, 0.6) is 0 Å². The molecule has 0 bridgehead atoms. The molecule has 1 aromatic carbocycles. The van der Waals surface area contributed by atoms with Crippen LogP contribution in [0.3, 0.4) is 0 Å². The molecule has 0 aliphatic carbocycles. The topological polar surface area (TPSA) is 18.5 Å². The van der Waals surface area contributed by atoms with E-state index in [4.69, 9.17) is 0 Å². The Labute approximate surface area is 130 Å². The first-order chi connectivity index (χ1) is 9.81. The summed E-state index contributed by atoms with van der Waals surface area (Å²) >= 11 is 3.57. The predicted molar refractivity (Wildman–Crippen MR) is 86.9 cm³/mol. The highest BCUT2D eigenvalue weighted by Crippen LogP contribution is 2.19. The average Bonchev–Trinajstić information content (AvgIpc) is 2.48. The highest BCUT2D eigenvalue weighted by molar-refractivity contribution is 9.10. The Kier molecular flexibility index (Phi) is 5.10. The van der Waals surface area contributed by atoms with Crippen molar-refractivity contribution in [2.45, 2.75) is 25.4 Å². The van der Waals surface area contributed by atoms with Gasteiger partial charge in [0.05, 0.1) is 0 Å². The molecule has 0 amide bonds. The monoisotopic (exact) mass is 337 g/mol. The van der Waals surface area contributed by atoms with Gasteiger partial charge in [-0.2, -0.15) is 0 Å². The quantitative estimate of drug-likeness (QED) is 0.913. The zero-order valence-electron chi connectivity index (χ0n) is 12.0. The molecule has 2 fully saturated rings. The van der Waals surface area contributed by atoms with Crippen LogP contribution in [-0.4, -0.2) is 55.1 Å². The minimum Gasteiger partial charge on any atom is -0.314 e. The normalized spacial score (nSPS) is 25.8. The molecule has 0 saturated carbocycles. The van der Waals surface area contributed by atoms with Gasteiger partial charge in [-0.15, -0.1) is 0 Å². The number of rotatable bonds is 3. The lowest BCUT2D eigenvalue weighted by atomic mass is 10.0. The zero-order chi connectivity index (χ0) is 13.8. The Morgan fingerprint density at radius 1 is 1.20 bits per heavy atom. The molecule has 0 spiro atoms.